The molecule has 0 unspecified atom stereocenters. The molecular weight excluding hydrogens is 338 g/mol. The van der Waals surface area contributed by atoms with Gasteiger partial charge >= 0.3 is 0 Å². The van der Waals surface area contributed by atoms with Gasteiger partial charge in [0, 0.05) is 18.5 Å². The molecule has 0 aliphatic heterocycles. The van der Waals surface area contributed by atoms with Crippen molar-refractivity contribution in [2.75, 3.05) is 11.9 Å². The number of hydrogen-bond donors (Lipinski definition) is 2. The van der Waals surface area contributed by atoms with Crippen molar-refractivity contribution < 1.29 is 13.6 Å². The molecule has 0 spiro atoms. The minimum absolute atomic E-state index is 0.00192. The van der Waals surface area contributed by atoms with Crippen molar-refractivity contribution in [2.45, 2.75) is 31.2 Å². The Balaban J connectivity index is 1.16. The normalized spacial score (nSPS) is 26.7. The van der Waals surface area contributed by atoms with Gasteiger partial charge in [-0.25, -0.2) is 18.7 Å². The first-order chi connectivity index (χ1) is 12.6. The summed E-state index contributed by atoms with van der Waals surface area (Å²) in [4.78, 5) is 20.0. The van der Waals surface area contributed by atoms with Gasteiger partial charge in [-0.3, -0.25) is 4.79 Å². The molecule has 136 valence electrons. The van der Waals surface area contributed by atoms with E-state index in [1.807, 2.05) is 0 Å². The molecule has 2 aliphatic carbocycles. The highest BCUT2D eigenvalue weighted by atomic mass is 19.1. The van der Waals surface area contributed by atoms with Gasteiger partial charge in [0.2, 0.25) is 11.9 Å². The molecule has 2 saturated carbocycles. The van der Waals surface area contributed by atoms with Crippen LogP contribution in [0.25, 0.3) is 0 Å². The SMILES string of the molecule is O=C(NCC1CC(Nc2ncc(F)cn2)C1)[C@@H]1C[C@H]1c1ccc(F)cc1. The number of amides is 1. The number of anilines is 1. The molecule has 2 aromatic rings. The number of nitrogens with zero attached hydrogens (tertiary/aromatic N) is 2. The molecule has 2 fully saturated rings. The van der Waals surface area contributed by atoms with E-state index in [1.165, 1.54) is 12.1 Å². The molecule has 7 heteroatoms. The maximum absolute atomic E-state index is 13.0. The highest BCUT2D eigenvalue weighted by molar-refractivity contribution is 5.82. The van der Waals surface area contributed by atoms with Crippen molar-refractivity contribution in [3.05, 3.63) is 53.9 Å². The number of aromatic nitrogens is 2. The molecular formula is C19H20F2N4O. The van der Waals surface area contributed by atoms with Crippen molar-refractivity contribution >= 4 is 11.9 Å². The molecule has 1 amide bonds. The highest BCUT2D eigenvalue weighted by Gasteiger charge is 2.44. The maximum Gasteiger partial charge on any atom is 0.223 e. The van der Waals surface area contributed by atoms with Gasteiger partial charge in [-0.1, -0.05) is 12.1 Å². The van der Waals surface area contributed by atoms with Gasteiger partial charge < -0.3 is 10.6 Å². The van der Waals surface area contributed by atoms with Crippen LogP contribution in [0.1, 0.15) is 30.7 Å². The second-order valence-corrected chi connectivity index (χ2v) is 7.15. The average Bonchev–Trinajstić information content (AvgIpc) is 3.39. The van der Waals surface area contributed by atoms with Crippen LogP contribution in [0.2, 0.25) is 0 Å². The molecule has 1 aromatic heterocycles. The van der Waals surface area contributed by atoms with E-state index >= 15 is 0 Å². The van der Waals surface area contributed by atoms with E-state index in [2.05, 4.69) is 20.6 Å². The summed E-state index contributed by atoms with van der Waals surface area (Å²) in [6.07, 6.45) is 4.95. The molecule has 2 aliphatic rings. The largest absolute Gasteiger partial charge is 0.356 e. The van der Waals surface area contributed by atoms with E-state index in [0.717, 1.165) is 37.2 Å². The van der Waals surface area contributed by atoms with Gasteiger partial charge in [0.1, 0.15) is 5.82 Å². The van der Waals surface area contributed by atoms with Crippen LogP contribution in [0, 0.1) is 23.5 Å². The van der Waals surface area contributed by atoms with Crippen molar-refractivity contribution in [1.29, 1.82) is 0 Å². The second kappa shape index (κ2) is 6.97. The zero-order valence-corrected chi connectivity index (χ0v) is 14.2. The minimum Gasteiger partial charge on any atom is -0.356 e. The summed E-state index contributed by atoms with van der Waals surface area (Å²) < 4.78 is 25.7. The van der Waals surface area contributed by atoms with E-state index in [0.29, 0.717) is 18.4 Å². The first-order valence-corrected chi connectivity index (χ1v) is 8.86. The molecule has 1 heterocycles. The highest BCUT2D eigenvalue weighted by Crippen LogP contribution is 2.47. The van der Waals surface area contributed by atoms with Gasteiger partial charge in [0.05, 0.1) is 12.4 Å². The molecule has 2 N–H and O–H groups in total. The summed E-state index contributed by atoms with van der Waals surface area (Å²) in [5.41, 5.74) is 1.03. The number of carbonyl (C=O) groups excluding carboxylic acids is 1. The predicted molar refractivity (Wildman–Crippen MR) is 92.4 cm³/mol. The number of carbonyl (C=O) groups is 1. The van der Waals surface area contributed by atoms with Crippen LogP contribution >= 0.6 is 0 Å². The summed E-state index contributed by atoms with van der Waals surface area (Å²) in [5, 5.41) is 6.19. The third-order valence-corrected chi connectivity index (χ3v) is 5.18. The second-order valence-electron chi connectivity index (χ2n) is 7.15. The maximum atomic E-state index is 13.0. The number of nitrogens with one attached hydrogen (secondary N) is 2. The van der Waals surface area contributed by atoms with Crippen LogP contribution in [0.4, 0.5) is 14.7 Å². The van der Waals surface area contributed by atoms with Crippen LogP contribution in [0.15, 0.2) is 36.7 Å². The Morgan fingerprint density at radius 3 is 2.42 bits per heavy atom. The van der Waals surface area contributed by atoms with E-state index in [1.54, 1.807) is 12.1 Å². The Labute approximate surface area is 150 Å². The van der Waals surface area contributed by atoms with E-state index in [-0.39, 0.29) is 29.6 Å². The Morgan fingerprint density at radius 1 is 1.04 bits per heavy atom. The molecule has 26 heavy (non-hydrogen) atoms. The Bertz CT molecular complexity index is 775. The smallest absolute Gasteiger partial charge is 0.223 e. The van der Waals surface area contributed by atoms with Gasteiger partial charge in [0.25, 0.3) is 0 Å². The zero-order valence-electron chi connectivity index (χ0n) is 14.2. The number of hydrogen-bond acceptors (Lipinski definition) is 4. The number of benzene rings is 1. The first-order valence-electron chi connectivity index (χ1n) is 8.86. The van der Waals surface area contributed by atoms with Crippen LogP contribution in [-0.4, -0.2) is 28.5 Å². The Hall–Kier alpha value is -2.57. The standard InChI is InChI=1S/C19H20F2N4O/c20-13-3-1-12(2-4-13)16-7-17(16)18(26)22-8-11-5-15(6-11)25-19-23-9-14(21)10-24-19/h1-4,9-11,15-17H,5-8H2,(H,22,26)(H,23,24,25)/t11?,15?,16-,17+/m0/s1. The summed E-state index contributed by atoms with van der Waals surface area (Å²) >= 11 is 0. The van der Waals surface area contributed by atoms with Gasteiger partial charge in [-0.05, 0) is 48.8 Å². The van der Waals surface area contributed by atoms with Crippen molar-refractivity contribution in [1.82, 2.24) is 15.3 Å². The van der Waals surface area contributed by atoms with Crippen LogP contribution in [0.5, 0.6) is 0 Å². The van der Waals surface area contributed by atoms with Crippen LogP contribution in [0.3, 0.4) is 0 Å². The fourth-order valence-corrected chi connectivity index (χ4v) is 3.53. The third kappa shape index (κ3) is 3.81. The molecule has 5 nitrogen and oxygen atoms in total. The van der Waals surface area contributed by atoms with Gasteiger partial charge in [-0.2, -0.15) is 0 Å². The fourth-order valence-electron chi connectivity index (χ4n) is 3.53. The minimum atomic E-state index is -0.455. The molecule has 1 aromatic carbocycles. The van der Waals surface area contributed by atoms with Gasteiger partial charge in [0.15, 0.2) is 5.82 Å². The zero-order chi connectivity index (χ0) is 18.1. The van der Waals surface area contributed by atoms with Gasteiger partial charge in [-0.15, -0.1) is 0 Å². The lowest BCUT2D eigenvalue weighted by Crippen LogP contribution is -2.42. The van der Waals surface area contributed by atoms with Crippen LogP contribution in [-0.2, 0) is 4.79 Å². The lowest BCUT2D eigenvalue weighted by molar-refractivity contribution is -0.122. The molecule has 4 rings (SSSR count). The summed E-state index contributed by atoms with van der Waals surface area (Å²) in [7, 11) is 0. The van der Waals surface area contributed by atoms with Crippen molar-refractivity contribution in [2.24, 2.45) is 11.8 Å². The molecule has 0 saturated heterocycles. The summed E-state index contributed by atoms with van der Waals surface area (Å²) in [6.45, 7) is 0.661. The monoisotopic (exact) mass is 358 g/mol. The number of rotatable bonds is 6. The third-order valence-electron chi connectivity index (χ3n) is 5.18. The van der Waals surface area contributed by atoms with E-state index in [9.17, 15) is 13.6 Å². The lowest BCUT2D eigenvalue weighted by atomic mass is 9.80. The Kier molecular flexibility index (Phi) is 4.53. The topological polar surface area (TPSA) is 66.9 Å². The fraction of sp³-hybridized carbons (Fsp3) is 0.421. The molecule has 0 bridgehead atoms. The summed E-state index contributed by atoms with van der Waals surface area (Å²) in [6, 6.07) is 6.65. The van der Waals surface area contributed by atoms with Crippen molar-refractivity contribution in [3.8, 4) is 0 Å². The molecule has 2 atom stereocenters. The van der Waals surface area contributed by atoms with E-state index in [4.69, 9.17) is 0 Å². The van der Waals surface area contributed by atoms with E-state index < -0.39 is 5.82 Å². The average molecular weight is 358 g/mol. The molecule has 0 radical (unpaired) electrons. The Morgan fingerprint density at radius 2 is 1.73 bits per heavy atom. The lowest BCUT2D eigenvalue weighted by Gasteiger charge is -2.35. The summed E-state index contributed by atoms with van der Waals surface area (Å²) in [5.74, 6) is 0.444. The quantitative estimate of drug-likeness (QED) is 0.833. The first kappa shape index (κ1) is 16.9. The number of halogens is 2. The predicted octanol–water partition coefficient (Wildman–Crippen LogP) is 2.87. The van der Waals surface area contributed by atoms with Crippen molar-refractivity contribution in [3.63, 3.8) is 0 Å². The van der Waals surface area contributed by atoms with Crippen LogP contribution < -0.4 is 10.6 Å².